The van der Waals surface area contributed by atoms with Gasteiger partial charge in [-0.25, -0.2) is 4.68 Å². The smallest absolute Gasteiger partial charge is 0.266 e. The Labute approximate surface area is 221 Å². The number of hydrogen-bond donors (Lipinski definition) is 0. The molecular weight excluding hydrogens is 490 g/mol. The van der Waals surface area contributed by atoms with Gasteiger partial charge in [-0.1, -0.05) is 67.7 Å². The summed E-state index contributed by atoms with van der Waals surface area (Å²) in [5, 5.41) is 4.91. The first kappa shape index (κ1) is 24.7. The molecule has 2 fully saturated rings. The largest absolute Gasteiger partial charge is 0.494 e. The van der Waals surface area contributed by atoms with Gasteiger partial charge in [0.15, 0.2) is 0 Å². The first-order chi connectivity index (χ1) is 17.6. The van der Waals surface area contributed by atoms with Crippen LogP contribution in [0.25, 0.3) is 23.0 Å². The molecule has 0 radical (unpaired) electrons. The highest BCUT2D eigenvalue weighted by molar-refractivity contribution is 8.26. The van der Waals surface area contributed by atoms with Crippen molar-refractivity contribution in [3.63, 3.8) is 0 Å². The number of nitrogens with zero attached hydrogens (tertiary/aromatic N) is 3. The van der Waals surface area contributed by atoms with E-state index >= 15 is 0 Å². The maximum Gasteiger partial charge on any atom is 0.266 e. The molecule has 0 spiro atoms. The number of unbranched alkanes of at least 4 members (excludes halogenated alkanes) is 1. The zero-order valence-corrected chi connectivity index (χ0v) is 21.9. The second-order valence-corrected chi connectivity index (χ2v) is 10.5. The van der Waals surface area contributed by atoms with E-state index in [1.165, 1.54) is 11.8 Å². The van der Waals surface area contributed by atoms with Crippen LogP contribution in [0.1, 0.15) is 38.2 Å². The molecular formula is C28H29N3O3S2. The minimum absolute atomic E-state index is 0.0543. The van der Waals surface area contributed by atoms with Crippen LogP contribution in [0.4, 0.5) is 0 Å². The summed E-state index contributed by atoms with van der Waals surface area (Å²) in [6.45, 7) is 4.08. The molecule has 1 atom stereocenters. The minimum atomic E-state index is -0.0736. The summed E-state index contributed by atoms with van der Waals surface area (Å²) in [6, 6.07) is 17.9. The number of ether oxygens (including phenoxy) is 2. The van der Waals surface area contributed by atoms with Gasteiger partial charge < -0.3 is 9.47 Å². The van der Waals surface area contributed by atoms with Gasteiger partial charge in [-0.15, -0.1) is 0 Å². The van der Waals surface area contributed by atoms with Crippen LogP contribution >= 0.6 is 24.0 Å². The molecule has 2 aromatic carbocycles. The Morgan fingerprint density at radius 1 is 1.22 bits per heavy atom. The number of carbonyl (C=O) groups is 1. The van der Waals surface area contributed by atoms with Crippen molar-refractivity contribution < 1.29 is 14.3 Å². The molecule has 2 aliphatic heterocycles. The van der Waals surface area contributed by atoms with E-state index in [0.29, 0.717) is 22.4 Å². The Hall–Kier alpha value is -2.94. The van der Waals surface area contributed by atoms with Crippen LogP contribution in [-0.2, 0) is 9.53 Å². The average Bonchev–Trinajstić information content (AvgIpc) is 3.63. The van der Waals surface area contributed by atoms with Crippen molar-refractivity contribution in [2.45, 2.75) is 38.7 Å². The van der Waals surface area contributed by atoms with Crippen molar-refractivity contribution in [3.05, 3.63) is 71.3 Å². The van der Waals surface area contributed by atoms with Gasteiger partial charge >= 0.3 is 0 Å². The third kappa shape index (κ3) is 5.56. The molecule has 1 aromatic heterocycles. The first-order valence-corrected chi connectivity index (χ1v) is 13.6. The standard InChI is InChI=1S/C28H29N3O3S2/c1-2-3-14-33-23-12-7-9-20(16-23)26-21(18-31(29-26)22-10-5-4-6-11-22)17-25-27(32)30(28(35)36-25)19-24-13-8-15-34-24/h4-7,9-12,16-18,24H,2-3,8,13-15,19H2,1H3/b25-17-. The topological polar surface area (TPSA) is 56.6 Å². The number of thioether (sulfide) groups is 1. The predicted octanol–water partition coefficient (Wildman–Crippen LogP) is 6.10. The molecule has 3 heterocycles. The van der Waals surface area contributed by atoms with E-state index in [0.717, 1.165) is 60.5 Å². The van der Waals surface area contributed by atoms with Crippen LogP contribution in [0.3, 0.4) is 0 Å². The highest BCUT2D eigenvalue weighted by Crippen LogP contribution is 2.36. The van der Waals surface area contributed by atoms with Gasteiger partial charge in [0.1, 0.15) is 15.8 Å². The van der Waals surface area contributed by atoms with Crippen molar-refractivity contribution in [1.82, 2.24) is 14.7 Å². The molecule has 0 bridgehead atoms. The van der Waals surface area contributed by atoms with E-state index in [2.05, 4.69) is 6.92 Å². The number of aromatic nitrogens is 2. The number of carbonyl (C=O) groups excluding carboxylic acids is 1. The summed E-state index contributed by atoms with van der Waals surface area (Å²) in [6.07, 6.45) is 7.99. The second-order valence-electron chi connectivity index (χ2n) is 8.87. The molecule has 36 heavy (non-hydrogen) atoms. The fourth-order valence-corrected chi connectivity index (χ4v) is 5.55. The Bertz CT molecular complexity index is 1270. The Morgan fingerprint density at radius 2 is 2.08 bits per heavy atom. The quantitative estimate of drug-likeness (QED) is 0.193. The lowest BCUT2D eigenvalue weighted by Gasteiger charge is -2.18. The summed E-state index contributed by atoms with van der Waals surface area (Å²) in [5.74, 6) is 0.736. The molecule has 0 saturated carbocycles. The normalized spacial score (nSPS) is 19.0. The van der Waals surface area contributed by atoms with Crippen LogP contribution in [0.5, 0.6) is 5.75 Å². The lowest BCUT2D eigenvalue weighted by Crippen LogP contribution is -2.35. The minimum Gasteiger partial charge on any atom is -0.494 e. The fraction of sp³-hybridized carbons (Fsp3) is 0.321. The van der Waals surface area contributed by atoms with Crippen LogP contribution in [-0.4, -0.2) is 50.8 Å². The fourth-order valence-electron chi connectivity index (χ4n) is 4.29. The first-order valence-electron chi connectivity index (χ1n) is 12.4. The zero-order chi connectivity index (χ0) is 24.9. The number of rotatable bonds is 9. The molecule has 1 unspecified atom stereocenters. The lowest BCUT2D eigenvalue weighted by molar-refractivity contribution is -0.123. The van der Waals surface area contributed by atoms with Gasteiger partial charge in [-0.2, -0.15) is 5.10 Å². The lowest BCUT2D eigenvalue weighted by atomic mass is 10.1. The highest BCUT2D eigenvalue weighted by atomic mass is 32.2. The van der Waals surface area contributed by atoms with Crippen LogP contribution in [0.15, 0.2) is 65.7 Å². The van der Waals surface area contributed by atoms with Gasteiger partial charge in [0.25, 0.3) is 5.91 Å². The molecule has 2 aliphatic rings. The zero-order valence-electron chi connectivity index (χ0n) is 20.3. The van der Waals surface area contributed by atoms with Crippen molar-refractivity contribution in [2.24, 2.45) is 0 Å². The molecule has 5 rings (SSSR count). The number of thiocarbonyl (C=S) groups is 1. The molecule has 2 saturated heterocycles. The van der Waals surface area contributed by atoms with Crippen LogP contribution < -0.4 is 4.74 Å². The third-order valence-corrected chi connectivity index (χ3v) is 7.59. The van der Waals surface area contributed by atoms with Crippen molar-refractivity contribution in [2.75, 3.05) is 19.8 Å². The summed E-state index contributed by atoms with van der Waals surface area (Å²) in [5.41, 5.74) is 3.51. The van der Waals surface area contributed by atoms with Gasteiger partial charge in [-0.3, -0.25) is 9.69 Å². The van der Waals surface area contributed by atoms with E-state index in [1.54, 1.807) is 4.90 Å². The monoisotopic (exact) mass is 519 g/mol. The highest BCUT2D eigenvalue weighted by Gasteiger charge is 2.35. The number of para-hydroxylation sites is 1. The summed E-state index contributed by atoms with van der Waals surface area (Å²) in [7, 11) is 0. The molecule has 3 aromatic rings. The van der Waals surface area contributed by atoms with Gasteiger partial charge in [0.05, 0.1) is 29.8 Å². The van der Waals surface area contributed by atoms with Crippen molar-refractivity contribution in [1.29, 1.82) is 0 Å². The van der Waals surface area contributed by atoms with E-state index in [-0.39, 0.29) is 12.0 Å². The summed E-state index contributed by atoms with van der Waals surface area (Å²) < 4.78 is 14.1. The van der Waals surface area contributed by atoms with Crippen molar-refractivity contribution >= 4 is 40.3 Å². The van der Waals surface area contributed by atoms with E-state index < -0.39 is 0 Å². The molecule has 0 aliphatic carbocycles. The molecule has 8 heteroatoms. The molecule has 186 valence electrons. The molecule has 6 nitrogen and oxygen atoms in total. The number of hydrogen-bond acceptors (Lipinski definition) is 6. The second kappa shape index (κ2) is 11.4. The molecule has 0 N–H and O–H groups in total. The Morgan fingerprint density at radius 3 is 2.86 bits per heavy atom. The van der Waals surface area contributed by atoms with Crippen molar-refractivity contribution in [3.8, 4) is 22.7 Å². The Balaban J connectivity index is 1.48. The average molecular weight is 520 g/mol. The summed E-state index contributed by atoms with van der Waals surface area (Å²) in [4.78, 5) is 15.6. The van der Waals surface area contributed by atoms with Gasteiger partial charge in [0.2, 0.25) is 0 Å². The van der Waals surface area contributed by atoms with Crippen LogP contribution in [0, 0.1) is 0 Å². The maximum absolute atomic E-state index is 13.3. The maximum atomic E-state index is 13.3. The SMILES string of the molecule is CCCCOc1cccc(-c2nn(-c3ccccc3)cc2/C=C2\SC(=S)N(CC3CCCO3)C2=O)c1. The number of amides is 1. The van der Waals surface area contributed by atoms with Gasteiger partial charge in [-0.05, 0) is 49.6 Å². The van der Waals surface area contributed by atoms with E-state index in [4.69, 9.17) is 26.8 Å². The summed E-state index contributed by atoms with van der Waals surface area (Å²) >= 11 is 6.89. The predicted molar refractivity (Wildman–Crippen MR) is 148 cm³/mol. The van der Waals surface area contributed by atoms with Crippen LogP contribution in [0.2, 0.25) is 0 Å². The van der Waals surface area contributed by atoms with E-state index in [9.17, 15) is 4.79 Å². The Kier molecular flexibility index (Phi) is 7.84. The third-order valence-electron chi connectivity index (χ3n) is 6.21. The van der Waals surface area contributed by atoms with E-state index in [1.807, 2.05) is 71.6 Å². The van der Waals surface area contributed by atoms with Gasteiger partial charge in [0, 0.05) is 23.9 Å². The number of benzene rings is 2. The molecule has 1 amide bonds.